The van der Waals surface area contributed by atoms with E-state index >= 15 is 0 Å². The van der Waals surface area contributed by atoms with Gasteiger partial charge in [-0.1, -0.05) is 0 Å². The minimum absolute atomic E-state index is 0.0128. The van der Waals surface area contributed by atoms with Gasteiger partial charge in [0, 0.05) is 24.2 Å². The second-order valence-electron chi connectivity index (χ2n) is 7.62. The standard InChI is InChI=1S/C20H22N2O6S/c23-19(24)12-7-9-22(10-8-12)29(27,28)13-5-6-17-15(11-13)18(20(25)26)14-3-1-2-4-16(14)21-17/h5-6,11-12H,1-4,7-10H2,(H,23,24)(H,25,26). The van der Waals surface area contributed by atoms with Crippen LogP contribution in [-0.2, 0) is 27.7 Å². The minimum atomic E-state index is -3.85. The number of carbonyl (C=O) groups is 2. The first-order chi connectivity index (χ1) is 13.8. The van der Waals surface area contributed by atoms with Gasteiger partial charge in [-0.15, -0.1) is 0 Å². The van der Waals surface area contributed by atoms with Crippen LogP contribution in [0.4, 0.5) is 0 Å². The molecule has 0 saturated carbocycles. The first-order valence-corrected chi connectivity index (χ1v) is 11.1. The molecule has 1 saturated heterocycles. The van der Waals surface area contributed by atoms with Crippen molar-refractivity contribution in [2.24, 2.45) is 5.92 Å². The summed E-state index contributed by atoms with van der Waals surface area (Å²) >= 11 is 0. The maximum absolute atomic E-state index is 13.1. The van der Waals surface area contributed by atoms with Gasteiger partial charge in [-0.05, 0) is 62.3 Å². The summed E-state index contributed by atoms with van der Waals surface area (Å²) in [5.74, 6) is -2.52. The Morgan fingerprint density at radius 1 is 1.07 bits per heavy atom. The first-order valence-electron chi connectivity index (χ1n) is 9.71. The molecule has 8 nitrogen and oxygen atoms in total. The van der Waals surface area contributed by atoms with Gasteiger partial charge in [-0.3, -0.25) is 9.78 Å². The molecule has 0 atom stereocenters. The van der Waals surface area contributed by atoms with Gasteiger partial charge in [0.2, 0.25) is 10.0 Å². The summed E-state index contributed by atoms with van der Waals surface area (Å²) in [5.41, 5.74) is 2.11. The van der Waals surface area contributed by atoms with Crippen LogP contribution in [0, 0.1) is 5.92 Å². The van der Waals surface area contributed by atoms with Crippen LogP contribution in [0.15, 0.2) is 23.1 Å². The predicted octanol–water partition coefficient (Wildman–Crippen LogP) is 2.30. The molecule has 0 spiro atoms. The number of fused-ring (bicyclic) bond motifs is 2. The van der Waals surface area contributed by atoms with Crippen LogP contribution < -0.4 is 0 Å². The van der Waals surface area contributed by atoms with Gasteiger partial charge in [-0.2, -0.15) is 4.31 Å². The molecule has 2 aliphatic rings. The number of nitrogens with zero attached hydrogens (tertiary/aromatic N) is 2. The van der Waals surface area contributed by atoms with Crippen molar-refractivity contribution in [2.45, 2.75) is 43.4 Å². The summed E-state index contributed by atoms with van der Waals surface area (Å²) in [4.78, 5) is 27.7. The van der Waals surface area contributed by atoms with Crippen LogP contribution in [0.25, 0.3) is 10.9 Å². The van der Waals surface area contributed by atoms with E-state index in [4.69, 9.17) is 5.11 Å². The second kappa shape index (κ2) is 7.38. The number of aliphatic carboxylic acids is 1. The highest BCUT2D eigenvalue weighted by Crippen LogP contribution is 2.32. The summed E-state index contributed by atoms with van der Waals surface area (Å²) in [6.45, 7) is 0.261. The molecule has 4 rings (SSSR count). The van der Waals surface area contributed by atoms with E-state index in [1.165, 1.54) is 16.4 Å². The largest absolute Gasteiger partial charge is 0.481 e. The number of rotatable bonds is 4. The average molecular weight is 418 g/mol. The molecule has 2 aromatic rings. The first kappa shape index (κ1) is 19.8. The molecule has 1 aliphatic heterocycles. The van der Waals surface area contributed by atoms with Gasteiger partial charge >= 0.3 is 11.9 Å². The average Bonchev–Trinajstić information content (AvgIpc) is 2.71. The number of sulfonamides is 1. The van der Waals surface area contributed by atoms with E-state index in [2.05, 4.69) is 4.98 Å². The zero-order chi connectivity index (χ0) is 20.8. The lowest BCUT2D eigenvalue weighted by molar-refractivity contribution is -0.142. The molecule has 154 valence electrons. The number of benzene rings is 1. The van der Waals surface area contributed by atoms with Crippen molar-refractivity contribution >= 4 is 32.9 Å². The lowest BCUT2D eigenvalue weighted by Gasteiger charge is -2.29. The van der Waals surface area contributed by atoms with Gasteiger partial charge in [0.25, 0.3) is 0 Å². The molecular formula is C20H22N2O6S. The van der Waals surface area contributed by atoms with Crippen molar-refractivity contribution < 1.29 is 28.2 Å². The van der Waals surface area contributed by atoms with Crippen LogP contribution >= 0.6 is 0 Å². The Morgan fingerprint density at radius 3 is 2.41 bits per heavy atom. The normalized spacial score (nSPS) is 18.5. The molecule has 0 radical (unpaired) electrons. The SMILES string of the molecule is O=C(O)c1c2c(nc3ccc(S(=O)(=O)N4CCC(C(=O)O)CC4)cc13)CCCC2. The van der Waals surface area contributed by atoms with Crippen LogP contribution in [0.1, 0.15) is 47.3 Å². The zero-order valence-electron chi connectivity index (χ0n) is 15.8. The number of piperidine rings is 1. The summed E-state index contributed by atoms with van der Waals surface area (Å²) in [5, 5.41) is 19.3. The molecule has 1 aromatic heterocycles. The van der Waals surface area contributed by atoms with Crippen LogP contribution in [0.2, 0.25) is 0 Å². The highest BCUT2D eigenvalue weighted by atomic mass is 32.2. The van der Waals surface area contributed by atoms with Gasteiger partial charge in [0.1, 0.15) is 0 Å². The number of carboxylic acids is 2. The summed E-state index contributed by atoms with van der Waals surface area (Å²) in [6, 6.07) is 4.42. The monoisotopic (exact) mass is 418 g/mol. The number of pyridine rings is 1. The molecule has 0 amide bonds. The maximum atomic E-state index is 13.1. The van der Waals surface area contributed by atoms with Crippen LogP contribution in [-0.4, -0.2) is 52.9 Å². The van der Waals surface area contributed by atoms with Gasteiger partial charge in [0.05, 0.1) is 21.9 Å². The molecule has 1 aliphatic carbocycles. The van der Waals surface area contributed by atoms with Crippen molar-refractivity contribution in [3.05, 3.63) is 35.0 Å². The second-order valence-corrected chi connectivity index (χ2v) is 9.56. The summed E-state index contributed by atoms with van der Waals surface area (Å²) in [7, 11) is -3.85. The van der Waals surface area contributed by atoms with Crippen molar-refractivity contribution in [3.63, 3.8) is 0 Å². The fourth-order valence-electron chi connectivity index (χ4n) is 4.30. The van der Waals surface area contributed by atoms with E-state index < -0.39 is 27.9 Å². The Bertz CT molecular complexity index is 1100. The zero-order valence-corrected chi connectivity index (χ0v) is 16.6. The highest BCUT2D eigenvalue weighted by Gasteiger charge is 2.32. The Morgan fingerprint density at radius 2 is 1.76 bits per heavy atom. The minimum Gasteiger partial charge on any atom is -0.481 e. The number of aryl methyl sites for hydroxylation is 1. The van der Waals surface area contributed by atoms with E-state index in [1.807, 2.05) is 0 Å². The molecular weight excluding hydrogens is 396 g/mol. The predicted molar refractivity (Wildman–Crippen MR) is 104 cm³/mol. The van der Waals surface area contributed by atoms with Crippen LogP contribution in [0.3, 0.4) is 0 Å². The molecule has 2 heterocycles. The molecule has 0 unspecified atom stereocenters. The van der Waals surface area contributed by atoms with E-state index in [9.17, 15) is 23.1 Å². The third kappa shape index (κ3) is 3.49. The Balaban J connectivity index is 1.76. The quantitative estimate of drug-likeness (QED) is 0.780. The third-order valence-electron chi connectivity index (χ3n) is 5.89. The van der Waals surface area contributed by atoms with Crippen LogP contribution in [0.5, 0.6) is 0 Å². The summed E-state index contributed by atoms with van der Waals surface area (Å²) < 4.78 is 27.5. The van der Waals surface area contributed by atoms with E-state index in [0.717, 1.165) is 25.0 Å². The molecule has 1 fully saturated rings. The van der Waals surface area contributed by atoms with E-state index in [0.29, 0.717) is 22.9 Å². The fraction of sp³-hybridized carbons (Fsp3) is 0.450. The number of hydrogen-bond donors (Lipinski definition) is 2. The van der Waals surface area contributed by atoms with E-state index in [1.54, 1.807) is 6.07 Å². The van der Waals surface area contributed by atoms with Gasteiger partial charge in [0.15, 0.2) is 0 Å². The molecule has 2 N–H and O–H groups in total. The van der Waals surface area contributed by atoms with Gasteiger partial charge in [-0.25, -0.2) is 13.2 Å². The van der Waals surface area contributed by atoms with Crippen molar-refractivity contribution in [1.29, 1.82) is 0 Å². The Kier molecular flexibility index (Phi) is 5.04. The fourth-order valence-corrected chi connectivity index (χ4v) is 5.80. The Labute approximate surface area is 168 Å². The van der Waals surface area contributed by atoms with Crippen molar-refractivity contribution in [1.82, 2.24) is 9.29 Å². The summed E-state index contributed by atoms with van der Waals surface area (Å²) in [6.07, 6.45) is 3.72. The highest BCUT2D eigenvalue weighted by molar-refractivity contribution is 7.89. The van der Waals surface area contributed by atoms with E-state index in [-0.39, 0.29) is 36.4 Å². The van der Waals surface area contributed by atoms with Gasteiger partial charge < -0.3 is 10.2 Å². The number of hydrogen-bond acceptors (Lipinski definition) is 5. The van der Waals surface area contributed by atoms with Crippen molar-refractivity contribution in [2.75, 3.05) is 13.1 Å². The third-order valence-corrected chi connectivity index (χ3v) is 7.78. The number of carboxylic acid groups (broad SMARTS) is 2. The lowest BCUT2D eigenvalue weighted by atomic mass is 9.90. The maximum Gasteiger partial charge on any atom is 0.336 e. The smallest absolute Gasteiger partial charge is 0.336 e. The lowest BCUT2D eigenvalue weighted by Crippen LogP contribution is -2.40. The molecule has 1 aromatic carbocycles. The Hall–Kier alpha value is -2.52. The van der Waals surface area contributed by atoms with Crippen molar-refractivity contribution in [3.8, 4) is 0 Å². The number of aromatic carboxylic acids is 1. The topological polar surface area (TPSA) is 125 Å². The molecule has 29 heavy (non-hydrogen) atoms. The molecule has 9 heteroatoms. The number of aromatic nitrogens is 1. The molecule has 0 bridgehead atoms.